The average molecular weight is 399 g/mol. The van der Waals surface area contributed by atoms with E-state index in [4.69, 9.17) is 4.74 Å². The number of carbonyl (C=O) groups excluding carboxylic acids is 1. The van der Waals surface area contributed by atoms with E-state index in [9.17, 15) is 18.8 Å². The number of amides is 1. The molecule has 2 aliphatic rings. The van der Waals surface area contributed by atoms with Gasteiger partial charge in [0.05, 0.1) is 12.7 Å². The van der Waals surface area contributed by atoms with E-state index in [1.54, 1.807) is 12.1 Å². The van der Waals surface area contributed by atoms with E-state index in [1.165, 1.54) is 11.9 Å². The fourth-order valence-electron chi connectivity index (χ4n) is 3.60. The van der Waals surface area contributed by atoms with E-state index in [1.807, 2.05) is 12.1 Å². The Labute approximate surface area is 164 Å². The van der Waals surface area contributed by atoms with Crippen LogP contribution in [-0.4, -0.2) is 22.6 Å². The third-order valence-electron chi connectivity index (χ3n) is 4.82. The van der Waals surface area contributed by atoms with Crippen LogP contribution in [0.25, 0.3) is 0 Å². The molecule has 1 amide bonds. The lowest BCUT2D eigenvalue weighted by atomic mass is 9.87. The molecule has 142 valence electrons. The first-order valence-electron chi connectivity index (χ1n) is 8.60. The first kappa shape index (κ1) is 18.4. The topological polar surface area (TPSA) is 65.7 Å². The van der Waals surface area contributed by atoms with Gasteiger partial charge in [-0.05, 0) is 24.3 Å². The quantitative estimate of drug-likeness (QED) is 0.766. The van der Waals surface area contributed by atoms with Crippen molar-refractivity contribution in [3.8, 4) is 11.8 Å². The number of halogens is 2. The van der Waals surface area contributed by atoms with Crippen LogP contribution in [0.4, 0.5) is 8.78 Å². The van der Waals surface area contributed by atoms with Crippen LogP contribution in [0.1, 0.15) is 24.5 Å². The van der Waals surface area contributed by atoms with Gasteiger partial charge in [-0.1, -0.05) is 30.0 Å². The van der Waals surface area contributed by atoms with Crippen LogP contribution in [0.2, 0.25) is 0 Å². The number of benzene rings is 2. The Balaban J connectivity index is 1.91. The summed E-state index contributed by atoms with van der Waals surface area (Å²) in [6.45, 7) is 1.56. The number of rotatable bonds is 2. The first-order valence-corrected chi connectivity index (χ1v) is 9.42. The van der Waals surface area contributed by atoms with Gasteiger partial charge < -0.3 is 4.74 Å². The molecule has 8 heteroatoms. The number of hydrogen-bond acceptors (Lipinski definition) is 5. The number of para-hydroxylation sites is 1. The summed E-state index contributed by atoms with van der Waals surface area (Å²) < 4.78 is 34.0. The van der Waals surface area contributed by atoms with Crippen molar-refractivity contribution < 1.29 is 18.3 Å². The molecule has 28 heavy (non-hydrogen) atoms. The van der Waals surface area contributed by atoms with E-state index in [0.717, 1.165) is 30.0 Å². The third kappa shape index (κ3) is 2.74. The molecule has 0 radical (unpaired) electrons. The largest absolute Gasteiger partial charge is 0.493 e. The zero-order valence-electron chi connectivity index (χ0n) is 14.9. The predicted molar refractivity (Wildman–Crippen MR) is 100 cm³/mol. The fraction of sp³-hybridized carbons (Fsp3) is 0.250. The van der Waals surface area contributed by atoms with Gasteiger partial charge in [-0.2, -0.15) is 10.4 Å². The van der Waals surface area contributed by atoms with Crippen LogP contribution >= 0.6 is 11.8 Å². The Kier molecular flexibility index (Phi) is 4.55. The van der Waals surface area contributed by atoms with Crippen LogP contribution < -0.4 is 4.74 Å². The monoisotopic (exact) mass is 399 g/mol. The van der Waals surface area contributed by atoms with Gasteiger partial charge in [0, 0.05) is 30.4 Å². The van der Waals surface area contributed by atoms with Crippen molar-refractivity contribution in [3.05, 3.63) is 65.2 Å². The number of fused-ring (bicyclic) bond motifs is 2. The Hall–Kier alpha value is -2.92. The highest BCUT2D eigenvalue weighted by atomic mass is 32.2. The van der Waals surface area contributed by atoms with Gasteiger partial charge in [-0.15, -0.1) is 0 Å². The smallest absolute Gasteiger partial charge is 0.241 e. The van der Waals surface area contributed by atoms with Gasteiger partial charge >= 0.3 is 0 Å². The first-order chi connectivity index (χ1) is 13.5. The van der Waals surface area contributed by atoms with Crippen molar-refractivity contribution in [2.75, 3.05) is 6.61 Å². The standard InChI is InChI=1S/C20H15F2N3O2S/c1-12(26)25-20(28-19(24-25)15-10-14(21)6-7-17(15)22)13(8-9-23)11-27-18-5-3-2-4-16(18)20/h2-7,10,13H,8,11H2,1H3. The van der Waals surface area contributed by atoms with E-state index in [0.29, 0.717) is 11.3 Å². The molecule has 0 aliphatic carbocycles. The molecule has 0 aromatic heterocycles. The zero-order valence-corrected chi connectivity index (χ0v) is 15.7. The van der Waals surface area contributed by atoms with Gasteiger partial charge in [0.2, 0.25) is 5.91 Å². The van der Waals surface area contributed by atoms with Crippen LogP contribution in [0, 0.1) is 28.9 Å². The molecule has 0 fully saturated rings. The number of nitrogens with zero attached hydrogens (tertiary/aromatic N) is 3. The molecule has 2 unspecified atom stereocenters. The second kappa shape index (κ2) is 6.91. The maximum absolute atomic E-state index is 14.4. The summed E-state index contributed by atoms with van der Waals surface area (Å²) in [6.07, 6.45) is 0.111. The van der Waals surface area contributed by atoms with E-state index < -0.39 is 22.4 Å². The molecule has 0 saturated carbocycles. The Morgan fingerprint density at radius 1 is 1.39 bits per heavy atom. The lowest BCUT2D eigenvalue weighted by molar-refractivity contribution is -0.134. The van der Waals surface area contributed by atoms with Crippen molar-refractivity contribution in [1.29, 1.82) is 5.26 Å². The molecule has 2 aromatic rings. The normalized spacial score (nSPS) is 23.0. The molecule has 0 saturated heterocycles. The number of thioether (sulfide) groups is 1. The summed E-state index contributed by atoms with van der Waals surface area (Å²) in [5.41, 5.74) is 0.657. The van der Waals surface area contributed by atoms with Crippen molar-refractivity contribution in [2.24, 2.45) is 11.0 Å². The van der Waals surface area contributed by atoms with Gasteiger partial charge in [-0.25, -0.2) is 13.8 Å². The molecule has 0 bridgehead atoms. The summed E-state index contributed by atoms with van der Waals surface area (Å²) in [5.74, 6) is -1.42. The molecule has 1 spiro atoms. The molecule has 2 aromatic carbocycles. The fourth-order valence-corrected chi connectivity index (χ4v) is 5.13. The van der Waals surface area contributed by atoms with Gasteiger partial charge in [-0.3, -0.25) is 4.79 Å². The van der Waals surface area contributed by atoms with E-state index in [2.05, 4.69) is 11.2 Å². The second-order valence-corrected chi connectivity index (χ2v) is 7.74. The molecule has 2 heterocycles. The van der Waals surface area contributed by atoms with Gasteiger partial charge in [0.1, 0.15) is 22.4 Å². The van der Waals surface area contributed by atoms with Crippen LogP contribution in [0.3, 0.4) is 0 Å². The Morgan fingerprint density at radius 3 is 2.93 bits per heavy atom. The van der Waals surface area contributed by atoms with Crippen molar-refractivity contribution >= 4 is 22.7 Å². The highest BCUT2D eigenvalue weighted by Crippen LogP contribution is 2.57. The minimum Gasteiger partial charge on any atom is -0.493 e. The minimum atomic E-state index is -1.06. The zero-order chi connectivity index (χ0) is 19.9. The van der Waals surface area contributed by atoms with Crippen molar-refractivity contribution in [2.45, 2.75) is 18.2 Å². The maximum atomic E-state index is 14.4. The van der Waals surface area contributed by atoms with Crippen LogP contribution in [-0.2, 0) is 9.67 Å². The summed E-state index contributed by atoms with van der Waals surface area (Å²) in [5, 5.41) is 15.2. The Bertz CT molecular complexity index is 1040. The molecule has 4 rings (SSSR count). The Morgan fingerprint density at radius 2 is 2.18 bits per heavy atom. The maximum Gasteiger partial charge on any atom is 0.241 e. The lowest BCUT2D eigenvalue weighted by Gasteiger charge is -2.44. The molecule has 2 aliphatic heterocycles. The summed E-state index contributed by atoms with van der Waals surface area (Å²) in [7, 11) is 0. The number of ether oxygens (including phenoxy) is 1. The highest BCUT2D eigenvalue weighted by molar-refractivity contribution is 8.15. The molecule has 2 atom stereocenters. The van der Waals surface area contributed by atoms with Gasteiger partial charge in [0.15, 0.2) is 4.87 Å². The molecule has 5 nitrogen and oxygen atoms in total. The SMILES string of the molecule is CC(=O)N1N=C(c2cc(F)ccc2F)SC12c1ccccc1OCC2CC#N. The number of carbonyl (C=O) groups is 1. The van der Waals surface area contributed by atoms with Crippen molar-refractivity contribution in [3.63, 3.8) is 0 Å². The minimum absolute atomic E-state index is 0.0206. The molecular weight excluding hydrogens is 384 g/mol. The second-order valence-electron chi connectivity index (χ2n) is 6.52. The summed E-state index contributed by atoms with van der Waals surface area (Å²) >= 11 is 1.15. The van der Waals surface area contributed by atoms with Crippen LogP contribution in [0.5, 0.6) is 5.75 Å². The number of nitriles is 1. The van der Waals surface area contributed by atoms with Crippen LogP contribution in [0.15, 0.2) is 47.6 Å². The van der Waals surface area contributed by atoms with Crippen molar-refractivity contribution in [1.82, 2.24) is 5.01 Å². The van der Waals surface area contributed by atoms with Gasteiger partial charge in [0.25, 0.3) is 0 Å². The van der Waals surface area contributed by atoms with E-state index in [-0.39, 0.29) is 29.5 Å². The number of hydrogen-bond donors (Lipinski definition) is 0. The average Bonchev–Trinajstić information content (AvgIpc) is 3.08. The number of hydrazone groups is 1. The summed E-state index contributed by atoms with van der Waals surface area (Å²) in [6, 6.07) is 12.5. The molecular formula is C20H15F2N3O2S. The molecule has 0 N–H and O–H groups in total. The predicted octanol–water partition coefficient (Wildman–Crippen LogP) is 4.00. The third-order valence-corrected chi connectivity index (χ3v) is 6.35. The summed E-state index contributed by atoms with van der Waals surface area (Å²) in [4.78, 5) is 11.5. The lowest BCUT2D eigenvalue weighted by Crippen LogP contribution is -2.50. The van der Waals surface area contributed by atoms with E-state index >= 15 is 0 Å². The highest BCUT2D eigenvalue weighted by Gasteiger charge is 2.56.